The average Bonchev–Trinajstić information content (AvgIpc) is 3.39. The molecule has 3 aromatic rings. The SMILES string of the molecule is CS(=O)(=O)c1ccc(Cc2nc(N3CCC[C@@H](NC(=O)N4CCN(Cc5ccc6c(c5)C(=O)N(C5CCC(=O)NC5=O)C6=O)CC4)C3)cnc2C(N)=O)cc1. The average molecular weight is 772 g/mol. The van der Waals surface area contributed by atoms with Gasteiger partial charge < -0.3 is 20.9 Å². The fraction of sp³-hybridized carbons (Fsp3) is 0.405. The summed E-state index contributed by atoms with van der Waals surface area (Å²) in [5, 5.41) is 5.37. The van der Waals surface area contributed by atoms with Crippen molar-refractivity contribution in [3.8, 4) is 0 Å². The van der Waals surface area contributed by atoms with E-state index >= 15 is 0 Å². The largest absolute Gasteiger partial charge is 0.364 e. The second kappa shape index (κ2) is 15.2. The van der Waals surface area contributed by atoms with Crippen LogP contribution >= 0.6 is 0 Å². The number of anilines is 1. The van der Waals surface area contributed by atoms with Crippen LogP contribution in [0.3, 0.4) is 0 Å². The molecule has 0 bridgehead atoms. The first-order valence-corrected chi connectivity index (χ1v) is 20.0. The maximum atomic E-state index is 13.4. The van der Waals surface area contributed by atoms with E-state index in [4.69, 9.17) is 10.7 Å². The zero-order valence-electron chi connectivity index (χ0n) is 30.2. The Kier molecular flexibility index (Phi) is 10.4. The van der Waals surface area contributed by atoms with Gasteiger partial charge >= 0.3 is 6.03 Å². The Labute approximate surface area is 317 Å². The molecule has 3 fully saturated rings. The molecule has 4 aliphatic heterocycles. The Bertz CT molecular complexity index is 2190. The number of hydrogen-bond acceptors (Lipinski definition) is 12. The summed E-state index contributed by atoms with van der Waals surface area (Å²) >= 11 is 0. The van der Waals surface area contributed by atoms with Gasteiger partial charge in [0, 0.05) is 71.0 Å². The normalized spacial score (nSPS) is 20.7. The second-order valence-corrected chi connectivity index (χ2v) is 16.3. The number of piperazine rings is 1. The Morgan fingerprint density at radius 2 is 1.64 bits per heavy atom. The molecule has 0 radical (unpaired) electrons. The Morgan fingerprint density at radius 3 is 2.33 bits per heavy atom. The third-order valence-corrected chi connectivity index (χ3v) is 11.6. The van der Waals surface area contributed by atoms with E-state index in [1.54, 1.807) is 35.2 Å². The number of nitrogens with zero attached hydrogens (tertiary/aromatic N) is 6. The predicted molar refractivity (Wildman–Crippen MR) is 197 cm³/mol. The number of aromatic nitrogens is 2. The molecule has 7 amide bonds. The number of nitrogens with one attached hydrogen (secondary N) is 2. The van der Waals surface area contributed by atoms with Gasteiger partial charge in [0.15, 0.2) is 9.84 Å². The number of fused-ring (bicyclic) bond motifs is 1. The predicted octanol–water partition coefficient (Wildman–Crippen LogP) is 0.467. The third kappa shape index (κ3) is 8.05. The van der Waals surface area contributed by atoms with Crippen LogP contribution in [0.25, 0.3) is 0 Å². The topological polar surface area (TPSA) is 225 Å². The van der Waals surface area contributed by atoms with Crippen molar-refractivity contribution in [2.45, 2.75) is 55.6 Å². The highest BCUT2D eigenvalue weighted by Gasteiger charge is 2.44. The van der Waals surface area contributed by atoms with E-state index in [0.29, 0.717) is 57.3 Å². The van der Waals surface area contributed by atoms with Crippen molar-refractivity contribution in [1.82, 2.24) is 35.3 Å². The van der Waals surface area contributed by atoms with Gasteiger partial charge in [-0.05, 0) is 54.7 Å². The van der Waals surface area contributed by atoms with E-state index in [1.807, 2.05) is 4.90 Å². The number of carbonyl (C=O) groups is 6. The summed E-state index contributed by atoms with van der Waals surface area (Å²) in [5.74, 6) is -2.35. The smallest absolute Gasteiger partial charge is 0.317 e. The molecule has 18 heteroatoms. The lowest BCUT2D eigenvalue weighted by Gasteiger charge is -2.38. The van der Waals surface area contributed by atoms with E-state index in [0.717, 1.165) is 35.1 Å². The number of imide groups is 2. The minimum absolute atomic E-state index is 0.0353. The van der Waals surface area contributed by atoms with E-state index in [-0.39, 0.29) is 53.1 Å². The minimum atomic E-state index is -3.36. The fourth-order valence-corrected chi connectivity index (χ4v) is 8.13. The molecule has 2 atom stereocenters. The summed E-state index contributed by atoms with van der Waals surface area (Å²) < 4.78 is 23.7. The van der Waals surface area contributed by atoms with Gasteiger partial charge in [-0.1, -0.05) is 18.2 Å². The number of hydrogen-bond donors (Lipinski definition) is 3. The monoisotopic (exact) mass is 771 g/mol. The molecule has 0 spiro atoms. The van der Waals surface area contributed by atoms with Gasteiger partial charge in [-0.3, -0.25) is 39.1 Å². The van der Waals surface area contributed by atoms with E-state index in [2.05, 4.69) is 20.5 Å². The number of urea groups is 1. The Morgan fingerprint density at radius 1 is 0.927 bits per heavy atom. The molecular weight excluding hydrogens is 731 g/mol. The van der Waals surface area contributed by atoms with Gasteiger partial charge in [0.2, 0.25) is 11.8 Å². The van der Waals surface area contributed by atoms with Gasteiger partial charge in [0.25, 0.3) is 17.7 Å². The van der Waals surface area contributed by atoms with Gasteiger partial charge in [-0.15, -0.1) is 0 Å². The number of piperidine rings is 2. The number of amides is 7. The highest BCUT2D eigenvalue weighted by atomic mass is 32.2. The molecule has 288 valence electrons. The van der Waals surface area contributed by atoms with Crippen molar-refractivity contribution in [1.29, 1.82) is 0 Å². The molecule has 3 saturated heterocycles. The molecule has 55 heavy (non-hydrogen) atoms. The van der Waals surface area contributed by atoms with Crippen LogP contribution in [-0.2, 0) is 32.4 Å². The van der Waals surface area contributed by atoms with Crippen LogP contribution in [0.4, 0.5) is 10.6 Å². The molecule has 2 aromatic carbocycles. The van der Waals surface area contributed by atoms with Crippen LogP contribution in [0.5, 0.6) is 0 Å². The lowest BCUT2D eigenvalue weighted by atomic mass is 10.0. The van der Waals surface area contributed by atoms with Crippen LogP contribution in [0, 0.1) is 0 Å². The van der Waals surface area contributed by atoms with E-state index in [1.165, 1.54) is 18.3 Å². The van der Waals surface area contributed by atoms with Crippen LogP contribution < -0.4 is 21.3 Å². The van der Waals surface area contributed by atoms with Gasteiger partial charge in [-0.2, -0.15) is 0 Å². The molecule has 1 unspecified atom stereocenters. The molecule has 17 nitrogen and oxygen atoms in total. The summed E-state index contributed by atoms with van der Waals surface area (Å²) in [5.41, 5.74) is 8.04. The molecule has 0 saturated carbocycles. The van der Waals surface area contributed by atoms with Crippen molar-refractivity contribution in [2.24, 2.45) is 5.73 Å². The molecule has 4 N–H and O–H groups in total. The fourth-order valence-electron chi connectivity index (χ4n) is 7.50. The molecule has 5 heterocycles. The van der Waals surface area contributed by atoms with Crippen LogP contribution in [0.15, 0.2) is 53.6 Å². The summed E-state index contributed by atoms with van der Waals surface area (Å²) in [4.78, 5) is 92.0. The number of nitrogens with two attached hydrogens (primary N) is 1. The lowest BCUT2D eigenvalue weighted by molar-refractivity contribution is -0.136. The van der Waals surface area contributed by atoms with E-state index in [9.17, 15) is 37.2 Å². The Balaban J connectivity index is 0.925. The molecule has 4 aliphatic rings. The maximum absolute atomic E-state index is 13.4. The number of carbonyl (C=O) groups excluding carboxylic acids is 6. The first kappa shape index (κ1) is 37.6. The molecule has 1 aromatic heterocycles. The van der Waals surface area contributed by atoms with Gasteiger partial charge in [0.1, 0.15) is 17.6 Å². The summed E-state index contributed by atoms with van der Waals surface area (Å²) in [6.45, 7) is 3.83. The maximum Gasteiger partial charge on any atom is 0.317 e. The van der Waals surface area contributed by atoms with Crippen molar-refractivity contribution in [2.75, 3.05) is 50.4 Å². The highest BCUT2D eigenvalue weighted by Crippen LogP contribution is 2.29. The standard InChI is InChI=1S/C37H41N9O8S/c1-55(53,54)25-7-4-22(5-8-25)18-28-32(33(38)48)39-19-30(41-28)45-12-2-3-24(21-45)40-37(52)44-15-13-43(14-16-44)20-23-6-9-26-27(17-23)36(51)46(35(26)50)29-10-11-31(47)42-34(29)49/h4-9,17,19,24,29H,2-3,10-16,18,20-21H2,1H3,(H2,38,48)(H,40,52)(H,42,47,49)/t24-,29?/m1/s1. The number of benzene rings is 2. The Hall–Kier alpha value is -5.75. The van der Waals surface area contributed by atoms with Crippen molar-refractivity contribution in [3.63, 3.8) is 0 Å². The molecular formula is C37H41N9O8S. The van der Waals surface area contributed by atoms with Gasteiger partial charge in [-0.25, -0.2) is 23.2 Å². The lowest BCUT2D eigenvalue weighted by Crippen LogP contribution is -2.56. The second-order valence-electron chi connectivity index (χ2n) is 14.3. The highest BCUT2D eigenvalue weighted by molar-refractivity contribution is 7.90. The third-order valence-electron chi connectivity index (χ3n) is 10.4. The summed E-state index contributed by atoms with van der Waals surface area (Å²) in [6.07, 6.45) is 4.57. The zero-order valence-corrected chi connectivity index (χ0v) is 31.0. The number of sulfone groups is 1. The van der Waals surface area contributed by atoms with Crippen molar-refractivity contribution >= 4 is 51.2 Å². The van der Waals surface area contributed by atoms with E-state index < -0.39 is 45.4 Å². The van der Waals surface area contributed by atoms with Crippen LogP contribution in [0.1, 0.15) is 73.7 Å². The molecule has 0 aliphatic carbocycles. The summed E-state index contributed by atoms with van der Waals surface area (Å²) in [6, 6.07) is 10.1. The minimum Gasteiger partial charge on any atom is -0.364 e. The zero-order chi connectivity index (χ0) is 39.0. The quantitative estimate of drug-likeness (QED) is 0.253. The summed E-state index contributed by atoms with van der Waals surface area (Å²) in [7, 11) is -3.36. The molecule has 7 rings (SSSR count). The van der Waals surface area contributed by atoms with Crippen LogP contribution in [-0.4, -0.2) is 126 Å². The number of rotatable bonds is 9. The van der Waals surface area contributed by atoms with Gasteiger partial charge in [0.05, 0.1) is 27.9 Å². The first-order valence-electron chi connectivity index (χ1n) is 18.1. The number of primary amides is 1. The first-order chi connectivity index (χ1) is 26.2. The van der Waals surface area contributed by atoms with Crippen LogP contribution in [0.2, 0.25) is 0 Å². The van der Waals surface area contributed by atoms with Crippen molar-refractivity contribution < 1.29 is 37.2 Å². The van der Waals surface area contributed by atoms with Crippen molar-refractivity contribution in [3.05, 3.63) is 82.3 Å².